The van der Waals surface area contributed by atoms with Crippen molar-refractivity contribution < 1.29 is 9.53 Å². The fourth-order valence-corrected chi connectivity index (χ4v) is 3.48. The molecule has 3 nitrogen and oxygen atoms in total. The molecular formula is C21H25NO2. The predicted octanol–water partition coefficient (Wildman–Crippen LogP) is 4.13. The van der Waals surface area contributed by atoms with Gasteiger partial charge in [0.25, 0.3) is 0 Å². The molecule has 24 heavy (non-hydrogen) atoms. The van der Waals surface area contributed by atoms with E-state index in [1.807, 2.05) is 30.1 Å². The van der Waals surface area contributed by atoms with Crippen molar-refractivity contribution in [3.05, 3.63) is 60.2 Å². The maximum absolute atomic E-state index is 12.8. The standard InChI is InChI=1S/C21H25NO2/c1-22(20(23)21(16-24-2)13-6-14-21)15-17-9-11-19(12-10-17)18-7-4-3-5-8-18/h3-5,7-12H,6,13-16H2,1-2H3. The van der Waals surface area contributed by atoms with E-state index < -0.39 is 0 Å². The van der Waals surface area contributed by atoms with Crippen LogP contribution < -0.4 is 0 Å². The molecular weight excluding hydrogens is 298 g/mol. The minimum absolute atomic E-state index is 0.211. The summed E-state index contributed by atoms with van der Waals surface area (Å²) in [7, 11) is 3.57. The van der Waals surface area contributed by atoms with E-state index in [0.717, 1.165) is 24.8 Å². The van der Waals surface area contributed by atoms with Gasteiger partial charge in [0.1, 0.15) is 0 Å². The van der Waals surface area contributed by atoms with Crippen LogP contribution in [0.2, 0.25) is 0 Å². The molecule has 0 N–H and O–H groups in total. The lowest BCUT2D eigenvalue weighted by Gasteiger charge is -2.42. The average Bonchev–Trinajstić information content (AvgIpc) is 2.59. The SMILES string of the molecule is COCC1(C(=O)N(C)Cc2ccc(-c3ccccc3)cc2)CCC1. The summed E-state index contributed by atoms with van der Waals surface area (Å²) in [6.45, 7) is 1.17. The molecule has 1 saturated carbocycles. The zero-order chi connectivity index (χ0) is 17.0. The monoisotopic (exact) mass is 323 g/mol. The fourth-order valence-electron chi connectivity index (χ4n) is 3.48. The highest BCUT2D eigenvalue weighted by molar-refractivity contribution is 5.83. The molecule has 0 radical (unpaired) electrons. The second kappa shape index (κ2) is 7.18. The molecule has 1 fully saturated rings. The van der Waals surface area contributed by atoms with Crippen molar-refractivity contribution in [2.24, 2.45) is 5.41 Å². The summed E-state index contributed by atoms with van der Waals surface area (Å²) in [5.41, 5.74) is 3.27. The average molecular weight is 323 g/mol. The molecule has 0 bridgehead atoms. The molecule has 1 aliphatic carbocycles. The zero-order valence-electron chi connectivity index (χ0n) is 14.5. The van der Waals surface area contributed by atoms with E-state index in [4.69, 9.17) is 4.74 Å². The third-order valence-corrected chi connectivity index (χ3v) is 5.01. The minimum atomic E-state index is -0.284. The Morgan fingerprint density at radius 3 is 2.21 bits per heavy atom. The van der Waals surface area contributed by atoms with Gasteiger partial charge < -0.3 is 9.64 Å². The Morgan fingerprint density at radius 1 is 1.04 bits per heavy atom. The normalized spacial score (nSPS) is 15.6. The summed E-state index contributed by atoms with van der Waals surface area (Å²) < 4.78 is 5.29. The van der Waals surface area contributed by atoms with Gasteiger partial charge in [-0.15, -0.1) is 0 Å². The van der Waals surface area contributed by atoms with Gasteiger partial charge in [-0.25, -0.2) is 0 Å². The third-order valence-electron chi connectivity index (χ3n) is 5.01. The summed E-state index contributed by atoms with van der Waals surface area (Å²) >= 11 is 0. The predicted molar refractivity (Wildman–Crippen MR) is 96.5 cm³/mol. The molecule has 3 rings (SSSR count). The van der Waals surface area contributed by atoms with E-state index >= 15 is 0 Å². The van der Waals surface area contributed by atoms with Crippen LogP contribution in [0.25, 0.3) is 11.1 Å². The van der Waals surface area contributed by atoms with Crippen LogP contribution in [0.5, 0.6) is 0 Å². The molecule has 0 heterocycles. The number of nitrogens with zero attached hydrogens (tertiary/aromatic N) is 1. The summed E-state index contributed by atoms with van der Waals surface area (Å²) in [6.07, 6.45) is 3.00. The van der Waals surface area contributed by atoms with Gasteiger partial charge in [0.2, 0.25) is 5.91 Å². The van der Waals surface area contributed by atoms with Crippen molar-refractivity contribution in [1.29, 1.82) is 0 Å². The maximum atomic E-state index is 12.8. The summed E-state index contributed by atoms with van der Waals surface area (Å²) in [5, 5.41) is 0. The van der Waals surface area contributed by atoms with Crippen LogP contribution in [-0.2, 0) is 16.1 Å². The number of hydrogen-bond acceptors (Lipinski definition) is 2. The van der Waals surface area contributed by atoms with E-state index in [0.29, 0.717) is 13.2 Å². The van der Waals surface area contributed by atoms with Crippen LogP contribution in [0.15, 0.2) is 54.6 Å². The zero-order valence-corrected chi connectivity index (χ0v) is 14.5. The Kier molecular flexibility index (Phi) is 5.00. The Morgan fingerprint density at radius 2 is 1.67 bits per heavy atom. The molecule has 0 spiro atoms. The van der Waals surface area contributed by atoms with Crippen LogP contribution in [0.3, 0.4) is 0 Å². The largest absolute Gasteiger partial charge is 0.384 e. The lowest BCUT2D eigenvalue weighted by molar-refractivity contribution is -0.151. The number of hydrogen-bond donors (Lipinski definition) is 0. The molecule has 0 saturated heterocycles. The summed E-state index contributed by atoms with van der Waals surface area (Å²) in [6, 6.07) is 18.8. The van der Waals surface area contributed by atoms with Gasteiger partial charge in [-0.1, -0.05) is 61.0 Å². The first-order chi connectivity index (χ1) is 11.6. The lowest BCUT2D eigenvalue weighted by Crippen LogP contribution is -2.48. The van der Waals surface area contributed by atoms with Crippen LogP contribution in [0.4, 0.5) is 0 Å². The van der Waals surface area contributed by atoms with Crippen molar-refractivity contribution in [2.45, 2.75) is 25.8 Å². The highest BCUT2D eigenvalue weighted by Gasteiger charge is 2.45. The van der Waals surface area contributed by atoms with Gasteiger partial charge in [-0.2, -0.15) is 0 Å². The highest BCUT2D eigenvalue weighted by atomic mass is 16.5. The summed E-state index contributed by atoms with van der Waals surface area (Å²) in [5.74, 6) is 0.211. The topological polar surface area (TPSA) is 29.5 Å². The number of ether oxygens (including phenoxy) is 1. The van der Waals surface area contributed by atoms with E-state index in [2.05, 4.69) is 36.4 Å². The van der Waals surface area contributed by atoms with E-state index in [-0.39, 0.29) is 11.3 Å². The van der Waals surface area contributed by atoms with E-state index in [1.165, 1.54) is 11.1 Å². The van der Waals surface area contributed by atoms with Crippen molar-refractivity contribution >= 4 is 5.91 Å². The summed E-state index contributed by atoms with van der Waals surface area (Å²) in [4.78, 5) is 14.6. The number of amides is 1. The van der Waals surface area contributed by atoms with Gasteiger partial charge in [0.05, 0.1) is 12.0 Å². The first kappa shape index (κ1) is 16.7. The van der Waals surface area contributed by atoms with Gasteiger partial charge in [0.15, 0.2) is 0 Å². The molecule has 2 aromatic carbocycles. The highest BCUT2D eigenvalue weighted by Crippen LogP contribution is 2.42. The van der Waals surface area contributed by atoms with Crippen molar-refractivity contribution in [3.63, 3.8) is 0 Å². The third kappa shape index (κ3) is 3.36. The Balaban J connectivity index is 1.66. The number of methoxy groups -OCH3 is 1. The van der Waals surface area contributed by atoms with E-state index in [1.54, 1.807) is 7.11 Å². The molecule has 126 valence electrons. The van der Waals surface area contributed by atoms with Crippen LogP contribution in [0, 0.1) is 5.41 Å². The molecule has 1 aliphatic rings. The van der Waals surface area contributed by atoms with Gasteiger partial charge in [-0.05, 0) is 29.5 Å². The van der Waals surface area contributed by atoms with Gasteiger partial charge >= 0.3 is 0 Å². The number of rotatable bonds is 6. The smallest absolute Gasteiger partial charge is 0.231 e. The molecule has 0 aromatic heterocycles. The van der Waals surface area contributed by atoms with Crippen LogP contribution in [0.1, 0.15) is 24.8 Å². The first-order valence-corrected chi connectivity index (χ1v) is 8.53. The fraction of sp³-hybridized carbons (Fsp3) is 0.381. The number of carbonyl (C=O) groups excluding carboxylic acids is 1. The Bertz CT molecular complexity index is 675. The second-order valence-electron chi connectivity index (χ2n) is 6.79. The van der Waals surface area contributed by atoms with Crippen LogP contribution >= 0.6 is 0 Å². The van der Waals surface area contributed by atoms with Crippen molar-refractivity contribution in [1.82, 2.24) is 4.90 Å². The Labute approximate surface area is 144 Å². The van der Waals surface area contributed by atoms with Crippen molar-refractivity contribution in [3.8, 4) is 11.1 Å². The van der Waals surface area contributed by atoms with Crippen LogP contribution in [-0.4, -0.2) is 31.6 Å². The second-order valence-corrected chi connectivity index (χ2v) is 6.79. The van der Waals surface area contributed by atoms with Crippen molar-refractivity contribution in [2.75, 3.05) is 20.8 Å². The quantitative estimate of drug-likeness (QED) is 0.800. The molecule has 0 aliphatic heterocycles. The molecule has 0 unspecified atom stereocenters. The number of benzene rings is 2. The first-order valence-electron chi connectivity index (χ1n) is 8.53. The van der Waals surface area contributed by atoms with Gasteiger partial charge in [-0.3, -0.25) is 4.79 Å². The molecule has 0 atom stereocenters. The number of carbonyl (C=O) groups is 1. The minimum Gasteiger partial charge on any atom is -0.384 e. The maximum Gasteiger partial charge on any atom is 0.231 e. The lowest BCUT2D eigenvalue weighted by atomic mass is 9.68. The Hall–Kier alpha value is -2.13. The molecule has 2 aromatic rings. The molecule has 1 amide bonds. The van der Waals surface area contributed by atoms with Gasteiger partial charge in [0, 0.05) is 20.7 Å². The molecule has 3 heteroatoms. The van der Waals surface area contributed by atoms with E-state index in [9.17, 15) is 4.79 Å².